The molecule has 4 N–H and O–H groups in total. The number of hydrogen-bond donors (Lipinski definition) is 4. The third-order valence-electron chi connectivity index (χ3n) is 4.87. The quantitative estimate of drug-likeness (QED) is 0.337. The molecule has 0 spiro atoms. The maximum atomic E-state index is 10.4. The lowest BCUT2D eigenvalue weighted by atomic mass is 9.96. The predicted octanol–water partition coefficient (Wildman–Crippen LogP) is -2.78. The molecule has 0 aromatic carbocycles. The van der Waals surface area contributed by atoms with E-state index in [1.165, 1.54) is 28.4 Å². The van der Waals surface area contributed by atoms with E-state index in [-0.39, 0.29) is 6.61 Å². The summed E-state index contributed by atoms with van der Waals surface area (Å²) in [7, 11) is 5.59. The normalized spacial score (nSPS) is 45.8. The Hall–Kier alpha value is -0.440. The smallest absolute Gasteiger partial charge is 0.187 e. The molecule has 11 heteroatoms. The van der Waals surface area contributed by atoms with E-state index >= 15 is 0 Å². The highest BCUT2D eigenvalue weighted by Gasteiger charge is 2.51. The molecule has 11 nitrogen and oxygen atoms in total. The van der Waals surface area contributed by atoms with Crippen molar-refractivity contribution in [1.82, 2.24) is 0 Å². The van der Waals surface area contributed by atoms with Crippen molar-refractivity contribution in [3.63, 3.8) is 0 Å². The van der Waals surface area contributed by atoms with Gasteiger partial charge in [0.15, 0.2) is 12.6 Å². The molecule has 0 saturated carbocycles. The maximum absolute atomic E-state index is 10.4. The van der Waals surface area contributed by atoms with Gasteiger partial charge in [-0.25, -0.2) is 0 Å². The van der Waals surface area contributed by atoms with Gasteiger partial charge in [0.25, 0.3) is 0 Å². The molecule has 0 aliphatic carbocycles. The van der Waals surface area contributed by atoms with Crippen LogP contribution in [0.1, 0.15) is 0 Å². The fourth-order valence-electron chi connectivity index (χ4n) is 3.49. The van der Waals surface area contributed by atoms with Crippen molar-refractivity contribution >= 4 is 0 Å². The summed E-state index contributed by atoms with van der Waals surface area (Å²) >= 11 is 0. The summed E-state index contributed by atoms with van der Waals surface area (Å²) in [5.41, 5.74) is 0. The zero-order valence-electron chi connectivity index (χ0n) is 15.8. The number of hydrogen-bond acceptors (Lipinski definition) is 11. The van der Waals surface area contributed by atoms with Gasteiger partial charge in [0.1, 0.15) is 48.8 Å². The molecular formula is C16H30O11. The van der Waals surface area contributed by atoms with Gasteiger partial charge in [0.05, 0.1) is 13.2 Å². The fourth-order valence-corrected chi connectivity index (χ4v) is 3.49. The highest BCUT2D eigenvalue weighted by Crippen LogP contribution is 2.31. The van der Waals surface area contributed by atoms with Crippen LogP contribution in [0.15, 0.2) is 0 Å². The van der Waals surface area contributed by atoms with Crippen LogP contribution >= 0.6 is 0 Å². The summed E-state index contributed by atoms with van der Waals surface area (Å²) in [6.45, 7) is -0.383. The zero-order valence-corrected chi connectivity index (χ0v) is 15.8. The minimum Gasteiger partial charge on any atom is -0.394 e. The van der Waals surface area contributed by atoms with Crippen molar-refractivity contribution < 1.29 is 53.6 Å². The van der Waals surface area contributed by atoms with Gasteiger partial charge in [-0.15, -0.1) is 0 Å². The topological polar surface area (TPSA) is 146 Å². The van der Waals surface area contributed by atoms with Gasteiger partial charge in [-0.05, 0) is 0 Å². The number of aliphatic hydroxyl groups excluding tert-OH is 4. The van der Waals surface area contributed by atoms with Gasteiger partial charge in [0, 0.05) is 28.4 Å². The van der Waals surface area contributed by atoms with Crippen LogP contribution in [0.3, 0.4) is 0 Å². The van der Waals surface area contributed by atoms with Crippen molar-refractivity contribution in [3.05, 3.63) is 0 Å². The molecule has 0 bridgehead atoms. The number of methoxy groups -OCH3 is 4. The van der Waals surface area contributed by atoms with Gasteiger partial charge in [-0.2, -0.15) is 0 Å². The third kappa shape index (κ3) is 4.77. The molecule has 10 atom stereocenters. The van der Waals surface area contributed by atoms with Gasteiger partial charge in [-0.1, -0.05) is 0 Å². The Labute approximate surface area is 157 Å². The van der Waals surface area contributed by atoms with Crippen LogP contribution < -0.4 is 0 Å². The molecule has 10 unspecified atom stereocenters. The molecule has 0 aromatic rings. The Balaban J connectivity index is 2.21. The van der Waals surface area contributed by atoms with Crippen molar-refractivity contribution in [1.29, 1.82) is 0 Å². The number of rotatable bonds is 8. The lowest BCUT2D eigenvalue weighted by Gasteiger charge is -2.47. The monoisotopic (exact) mass is 398 g/mol. The van der Waals surface area contributed by atoms with E-state index in [0.29, 0.717) is 0 Å². The van der Waals surface area contributed by atoms with Crippen LogP contribution in [0.25, 0.3) is 0 Å². The molecule has 0 radical (unpaired) electrons. The van der Waals surface area contributed by atoms with E-state index < -0.39 is 68.0 Å². The summed E-state index contributed by atoms with van der Waals surface area (Å²) < 4.78 is 37.8. The SMILES string of the molecule is COCC1OC(O)C(OC)C(OC)C1OC1OC(CO)C(OC)C(O)C1O. The van der Waals surface area contributed by atoms with Crippen molar-refractivity contribution in [2.45, 2.75) is 61.4 Å². The molecule has 0 aromatic heterocycles. The second-order valence-corrected chi connectivity index (χ2v) is 6.43. The van der Waals surface area contributed by atoms with E-state index in [0.717, 1.165) is 0 Å². The minimum absolute atomic E-state index is 0.0630. The number of ether oxygens (including phenoxy) is 7. The Bertz CT molecular complexity index is 437. The second-order valence-electron chi connectivity index (χ2n) is 6.43. The van der Waals surface area contributed by atoms with Crippen LogP contribution in [0, 0.1) is 0 Å². The van der Waals surface area contributed by atoms with Crippen LogP contribution in [-0.4, -0.2) is 123 Å². The van der Waals surface area contributed by atoms with E-state index in [2.05, 4.69) is 0 Å². The summed E-state index contributed by atoms with van der Waals surface area (Å²) in [6.07, 6.45) is -10.5. The van der Waals surface area contributed by atoms with E-state index in [4.69, 9.17) is 33.2 Å². The van der Waals surface area contributed by atoms with Gasteiger partial charge in [-0.3, -0.25) is 0 Å². The molecule has 2 saturated heterocycles. The molecular weight excluding hydrogens is 368 g/mol. The summed E-state index contributed by atoms with van der Waals surface area (Å²) in [5.74, 6) is 0. The number of aliphatic hydroxyl groups is 4. The van der Waals surface area contributed by atoms with Gasteiger partial charge in [0.2, 0.25) is 0 Å². The lowest BCUT2D eigenvalue weighted by molar-refractivity contribution is -0.360. The van der Waals surface area contributed by atoms with Crippen molar-refractivity contribution in [2.75, 3.05) is 41.7 Å². The molecule has 27 heavy (non-hydrogen) atoms. The summed E-state index contributed by atoms with van der Waals surface area (Å²) in [4.78, 5) is 0. The van der Waals surface area contributed by atoms with Gasteiger partial charge < -0.3 is 53.6 Å². The molecule has 160 valence electrons. The average Bonchev–Trinajstić information content (AvgIpc) is 2.66. The van der Waals surface area contributed by atoms with Crippen LogP contribution in [0.2, 0.25) is 0 Å². The Morgan fingerprint density at radius 1 is 0.741 bits per heavy atom. The van der Waals surface area contributed by atoms with E-state index in [1.807, 2.05) is 0 Å². The first-order valence-electron chi connectivity index (χ1n) is 8.62. The zero-order chi connectivity index (χ0) is 20.1. The molecule has 2 aliphatic heterocycles. The largest absolute Gasteiger partial charge is 0.394 e. The molecule has 2 rings (SSSR count). The van der Waals surface area contributed by atoms with Gasteiger partial charge >= 0.3 is 0 Å². The Morgan fingerprint density at radius 3 is 1.89 bits per heavy atom. The third-order valence-corrected chi connectivity index (χ3v) is 4.87. The maximum Gasteiger partial charge on any atom is 0.187 e. The minimum atomic E-state index is -1.45. The van der Waals surface area contributed by atoms with Crippen LogP contribution in [-0.2, 0) is 33.2 Å². The Morgan fingerprint density at radius 2 is 1.37 bits per heavy atom. The Kier molecular flexibility index (Phi) is 8.77. The van der Waals surface area contributed by atoms with Crippen LogP contribution in [0.4, 0.5) is 0 Å². The highest BCUT2D eigenvalue weighted by atomic mass is 16.7. The molecule has 2 fully saturated rings. The summed E-state index contributed by atoms with van der Waals surface area (Å²) in [5, 5.41) is 40.3. The lowest BCUT2D eigenvalue weighted by Crippen LogP contribution is -2.65. The predicted molar refractivity (Wildman–Crippen MR) is 87.8 cm³/mol. The molecule has 2 heterocycles. The second kappa shape index (κ2) is 10.4. The van der Waals surface area contributed by atoms with Crippen LogP contribution in [0.5, 0.6) is 0 Å². The van der Waals surface area contributed by atoms with Crippen molar-refractivity contribution in [3.8, 4) is 0 Å². The first-order valence-corrected chi connectivity index (χ1v) is 8.62. The van der Waals surface area contributed by atoms with E-state index in [1.54, 1.807) is 0 Å². The first kappa shape index (κ1) is 22.8. The fraction of sp³-hybridized carbons (Fsp3) is 1.00. The standard InChI is InChI=1S/C16H30O11/c1-21-6-8-12(13(23-3)14(24-4)15(20)25-8)27-16-10(19)9(18)11(22-2)7(5-17)26-16/h7-20H,5-6H2,1-4H3. The average molecular weight is 398 g/mol. The molecule has 0 amide bonds. The summed E-state index contributed by atoms with van der Waals surface area (Å²) in [6, 6.07) is 0. The van der Waals surface area contributed by atoms with E-state index in [9.17, 15) is 20.4 Å². The van der Waals surface area contributed by atoms with Crippen molar-refractivity contribution in [2.24, 2.45) is 0 Å². The highest BCUT2D eigenvalue weighted by molar-refractivity contribution is 4.95. The first-order chi connectivity index (χ1) is 12.9. The molecule has 2 aliphatic rings.